The first-order valence-corrected chi connectivity index (χ1v) is 8.22. The van der Waals surface area contributed by atoms with E-state index in [4.69, 9.17) is 5.11 Å². The van der Waals surface area contributed by atoms with Gasteiger partial charge in [0.2, 0.25) is 0 Å². The Hall–Kier alpha value is -1.86. The van der Waals surface area contributed by atoms with Gasteiger partial charge in [-0.3, -0.25) is 4.72 Å². The maximum atomic E-state index is 12.1. The number of thiophene rings is 1. The molecule has 2 aromatic rings. The van der Waals surface area contributed by atoms with Gasteiger partial charge in [0, 0.05) is 11.1 Å². The van der Waals surface area contributed by atoms with Crippen LogP contribution in [0.2, 0.25) is 0 Å². The molecular weight excluding hydrogens is 298 g/mol. The molecule has 0 bridgehead atoms. The monoisotopic (exact) mass is 311 g/mol. The van der Waals surface area contributed by atoms with Gasteiger partial charge in [0.25, 0.3) is 10.0 Å². The van der Waals surface area contributed by atoms with Gasteiger partial charge in [-0.1, -0.05) is 19.1 Å². The van der Waals surface area contributed by atoms with Gasteiger partial charge in [0.15, 0.2) is 0 Å². The lowest BCUT2D eigenvalue weighted by Crippen LogP contribution is -2.11. The fourth-order valence-corrected chi connectivity index (χ4v) is 3.80. The highest BCUT2D eigenvalue weighted by Crippen LogP contribution is 2.23. The molecule has 0 saturated heterocycles. The molecule has 2 N–H and O–H groups in total. The topological polar surface area (TPSA) is 83.5 Å². The Kier molecular flexibility index (Phi) is 4.10. The predicted molar refractivity (Wildman–Crippen MR) is 77.9 cm³/mol. The van der Waals surface area contributed by atoms with E-state index in [9.17, 15) is 13.2 Å². The average molecular weight is 311 g/mol. The molecule has 0 amide bonds. The smallest absolute Gasteiger partial charge is 0.336 e. The molecule has 0 aliphatic heterocycles. The second-order valence-electron chi connectivity index (χ2n) is 4.12. The lowest BCUT2D eigenvalue weighted by Gasteiger charge is -2.06. The Bertz CT molecular complexity index is 717. The Morgan fingerprint density at radius 1 is 1.30 bits per heavy atom. The van der Waals surface area contributed by atoms with Crippen molar-refractivity contribution in [3.8, 4) is 0 Å². The molecule has 0 spiro atoms. The molecule has 7 heteroatoms. The van der Waals surface area contributed by atoms with E-state index in [1.807, 2.05) is 19.1 Å². The summed E-state index contributed by atoms with van der Waals surface area (Å²) in [6.45, 7) is 2.01. The van der Waals surface area contributed by atoms with E-state index in [-0.39, 0.29) is 9.77 Å². The number of hydrogen-bond donors (Lipinski definition) is 2. The molecule has 0 unspecified atom stereocenters. The van der Waals surface area contributed by atoms with Crippen molar-refractivity contribution >= 4 is 33.0 Å². The number of aromatic carboxylic acids is 1. The van der Waals surface area contributed by atoms with Crippen LogP contribution >= 0.6 is 11.3 Å². The van der Waals surface area contributed by atoms with Crippen molar-refractivity contribution in [2.24, 2.45) is 0 Å². The Morgan fingerprint density at radius 3 is 2.45 bits per heavy atom. The molecule has 1 heterocycles. The normalized spacial score (nSPS) is 11.2. The fourth-order valence-electron chi connectivity index (χ4n) is 1.58. The second kappa shape index (κ2) is 5.64. The maximum absolute atomic E-state index is 12.1. The third-order valence-corrected chi connectivity index (χ3v) is 5.52. The number of carboxylic acids is 1. The van der Waals surface area contributed by atoms with Crippen LogP contribution in [0.5, 0.6) is 0 Å². The number of anilines is 1. The van der Waals surface area contributed by atoms with Crippen LogP contribution in [0, 0.1) is 0 Å². The highest BCUT2D eigenvalue weighted by molar-refractivity contribution is 7.94. The van der Waals surface area contributed by atoms with Gasteiger partial charge in [0.05, 0.1) is 5.56 Å². The van der Waals surface area contributed by atoms with Crippen molar-refractivity contribution < 1.29 is 18.3 Å². The van der Waals surface area contributed by atoms with Crippen LogP contribution in [0.25, 0.3) is 0 Å². The van der Waals surface area contributed by atoms with E-state index in [1.54, 1.807) is 12.1 Å². The molecule has 5 nitrogen and oxygen atoms in total. The van der Waals surface area contributed by atoms with Crippen molar-refractivity contribution in [3.63, 3.8) is 0 Å². The van der Waals surface area contributed by atoms with E-state index in [1.165, 1.54) is 5.38 Å². The molecular formula is C13H13NO4S2. The largest absolute Gasteiger partial charge is 0.478 e. The summed E-state index contributed by atoms with van der Waals surface area (Å²) < 4.78 is 26.6. The van der Waals surface area contributed by atoms with Gasteiger partial charge in [-0.25, -0.2) is 13.2 Å². The zero-order valence-corrected chi connectivity index (χ0v) is 12.3. The number of aryl methyl sites for hydroxylation is 1. The van der Waals surface area contributed by atoms with Crippen LogP contribution in [0.4, 0.5) is 5.69 Å². The highest BCUT2D eigenvalue weighted by Gasteiger charge is 2.18. The number of benzene rings is 1. The van der Waals surface area contributed by atoms with Crippen molar-refractivity contribution in [1.82, 2.24) is 0 Å². The number of sulfonamides is 1. The summed E-state index contributed by atoms with van der Waals surface area (Å²) in [5.41, 5.74) is 1.53. The quantitative estimate of drug-likeness (QED) is 0.889. The Balaban J connectivity index is 2.23. The van der Waals surface area contributed by atoms with Gasteiger partial charge in [-0.15, -0.1) is 11.3 Å². The summed E-state index contributed by atoms with van der Waals surface area (Å²) in [6, 6.07) is 8.20. The highest BCUT2D eigenvalue weighted by atomic mass is 32.2. The fraction of sp³-hybridized carbons (Fsp3) is 0.154. The van der Waals surface area contributed by atoms with Gasteiger partial charge in [-0.05, 0) is 30.2 Å². The second-order valence-corrected chi connectivity index (χ2v) is 6.94. The molecule has 0 saturated carbocycles. The van der Waals surface area contributed by atoms with Gasteiger partial charge >= 0.3 is 5.97 Å². The maximum Gasteiger partial charge on any atom is 0.336 e. The SMILES string of the molecule is CCc1ccc(NS(=O)(=O)c2cc(C(=O)O)cs2)cc1. The summed E-state index contributed by atoms with van der Waals surface area (Å²) in [6.07, 6.45) is 0.875. The number of carboxylic acid groups (broad SMARTS) is 1. The van der Waals surface area contributed by atoms with Crippen LogP contribution in [-0.4, -0.2) is 19.5 Å². The molecule has 0 aliphatic rings. The minimum Gasteiger partial charge on any atom is -0.478 e. The molecule has 1 aromatic carbocycles. The van der Waals surface area contributed by atoms with E-state index in [2.05, 4.69) is 4.72 Å². The standard InChI is InChI=1S/C13H13NO4S2/c1-2-9-3-5-11(6-4-9)14-20(17,18)12-7-10(8-19-12)13(15)16/h3-8,14H,2H2,1H3,(H,15,16). The molecule has 20 heavy (non-hydrogen) atoms. The third kappa shape index (κ3) is 3.17. The average Bonchev–Trinajstić information content (AvgIpc) is 2.90. The van der Waals surface area contributed by atoms with Crippen LogP contribution in [0.3, 0.4) is 0 Å². The summed E-state index contributed by atoms with van der Waals surface area (Å²) >= 11 is 0.880. The summed E-state index contributed by atoms with van der Waals surface area (Å²) in [5, 5.41) is 10.1. The van der Waals surface area contributed by atoms with Crippen molar-refractivity contribution in [1.29, 1.82) is 0 Å². The lowest BCUT2D eigenvalue weighted by molar-refractivity contribution is 0.0697. The minimum atomic E-state index is -3.74. The molecule has 0 atom stereocenters. The molecule has 0 radical (unpaired) electrons. The first kappa shape index (κ1) is 14.5. The van der Waals surface area contributed by atoms with Crippen molar-refractivity contribution in [2.75, 3.05) is 4.72 Å². The summed E-state index contributed by atoms with van der Waals surface area (Å²) in [7, 11) is -3.74. The molecule has 2 rings (SSSR count). The number of hydrogen-bond acceptors (Lipinski definition) is 4. The number of nitrogens with one attached hydrogen (secondary N) is 1. The van der Waals surface area contributed by atoms with Gasteiger partial charge in [-0.2, -0.15) is 0 Å². The van der Waals surface area contributed by atoms with Crippen LogP contribution in [-0.2, 0) is 16.4 Å². The zero-order chi connectivity index (χ0) is 14.8. The van der Waals surface area contributed by atoms with E-state index in [0.717, 1.165) is 29.4 Å². The van der Waals surface area contributed by atoms with E-state index < -0.39 is 16.0 Å². The van der Waals surface area contributed by atoms with Gasteiger partial charge < -0.3 is 5.11 Å². The summed E-state index contributed by atoms with van der Waals surface area (Å²) in [4.78, 5) is 10.8. The van der Waals surface area contributed by atoms with Crippen molar-refractivity contribution in [3.05, 3.63) is 46.8 Å². The van der Waals surface area contributed by atoms with Crippen LogP contribution in [0.15, 0.2) is 39.9 Å². The zero-order valence-electron chi connectivity index (χ0n) is 10.7. The minimum absolute atomic E-state index is 0.0190. The molecule has 0 fully saturated rings. The Morgan fingerprint density at radius 2 is 1.95 bits per heavy atom. The van der Waals surface area contributed by atoms with Crippen LogP contribution in [0.1, 0.15) is 22.8 Å². The third-order valence-electron chi connectivity index (χ3n) is 2.70. The van der Waals surface area contributed by atoms with Crippen LogP contribution < -0.4 is 4.72 Å². The van der Waals surface area contributed by atoms with Gasteiger partial charge in [0.1, 0.15) is 4.21 Å². The number of carbonyl (C=O) groups is 1. The van der Waals surface area contributed by atoms with E-state index >= 15 is 0 Å². The number of rotatable bonds is 5. The Labute approximate surface area is 120 Å². The van der Waals surface area contributed by atoms with Crippen molar-refractivity contribution in [2.45, 2.75) is 17.6 Å². The summed E-state index contributed by atoms with van der Waals surface area (Å²) in [5.74, 6) is -1.14. The molecule has 106 valence electrons. The predicted octanol–water partition coefficient (Wildman–Crippen LogP) is 2.81. The first-order chi connectivity index (χ1) is 9.42. The van der Waals surface area contributed by atoms with E-state index in [0.29, 0.717) is 5.69 Å². The lowest BCUT2D eigenvalue weighted by atomic mass is 10.2. The molecule has 0 aliphatic carbocycles. The molecule has 1 aromatic heterocycles. The first-order valence-electron chi connectivity index (χ1n) is 5.86.